The van der Waals surface area contributed by atoms with Crippen molar-refractivity contribution >= 4 is 22.5 Å². The van der Waals surface area contributed by atoms with Gasteiger partial charge < -0.3 is 15.6 Å². The Morgan fingerprint density at radius 3 is 2.39 bits per heavy atom. The van der Waals surface area contributed by atoms with Crippen LogP contribution in [-0.4, -0.2) is 28.0 Å². The van der Waals surface area contributed by atoms with Crippen LogP contribution in [0.5, 0.6) is 0 Å². The van der Waals surface area contributed by atoms with Gasteiger partial charge in [0, 0.05) is 36.3 Å². The minimum atomic E-state index is 0.826. The van der Waals surface area contributed by atoms with Gasteiger partial charge in [0.1, 0.15) is 18.0 Å². The van der Waals surface area contributed by atoms with Gasteiger partial charge in [-0.25, -0.2) is 9.97 Å². The first-order valence-corrected chi connectivity index (χ1v) is 9.77. The third-order valence-corrected chi connectivity index (χ3v) is 4.83. The van der Waals surface area contributed by atoms with Crippen LogP contribution in [0.15, 0.2) is 73.2 Å². The quantitative estimate of drug-likeness (QED) is 0.375. The summed E-state index contributed by atoms with van der Waals surface area (Å²) in [6, 6.07) is 20.9. The van der Waals surface area contributed by atoms with Crippen molar-refractivity contribution in [2.75, 3.05) is 23.7 Å². The Hall–Kier alpha value is -3.34. The van der Waals surface area contributed by atoms with Crippen molar-refractivity contribution < 1.29 is 0 Å². The lowest BCUT2D eigenvalue weighted by molar-refractivity contribution is 0.858. The van der Waals surface area contributed by atoms with E-state index in [0.717, 1.165) is 44.0 Å². The van der Waals surface area contributed by atoms with E-state index in [2.05, 4.69) is 86.4 Å². The normalized spacial score (nSPS) is 10.9. The Morgan fingerprint density at radius 1 is 0.786 bits per heavy atom. The van der Waals surface area contributed by atoms with Gasteiger partial charge in [-0.2, -0.15) is 0 Å². The Balaban J connectivity index is 1.24. The van der Waals surface area contributed by atoms with Gasteiger partial charge in [-0.05, 0) is 36.5 Å². The molecule has 2 heterocycles. The molecule has 4 aromatic rings. The summed E-state index contributed by atoms with van der Waals surface area (Å²) >= 11 is 0. The molecular weight excluding hydrogens is 346 g/mol. The summed E-state index contributed by atoms with van der Waals surface area (Å²) in [6.07, 6.45) is 6.76. The molecule has 0 aliphatic rings. The van der Waals surface area contributed by atoms with Crippen LogP contribution in [-0.2, 0) is 12.8 Å². The van der Waals surface area contributed by atoms with Crippen LogP contribution in [0, 0.1) is 0 Å². The van der Waals surface area contributed by atoms with Gasteiger partial charge in [-0.15, -0.1) is 0 Å². The fourth-order valence-electron chi connectivity index (χ4n) is 3.37. The largest absolute Gasteiger partial charge is 0.370 e. The van der Waals surface area contributed by atoms with Crippen molar-refractivity contribution in [3.63, 3.8) is 0 Å². The second kappa shape index (κ2) is 9.04. The van der Waals surface area contributed by atoms with Crippen LogP contribution in [0.3, 0.4) is 0 Å². The van der Waals surface area contributed by atoms with E-state index in [4.69, 9.17) is 0 Å². The monoisotopic (exact) mass is 371 g/mol. The van der Waals surface area contributed by atoms with E-state index < -0.39 is 0 Å². The Kier molecular flexibility index (Phi) is 5.83. The number of aryl methyl sites for hydroxylation is 1. The standard InChI is InChI=1S/C23H25N5/c1-2-7-18(8-3-1)9-6-13-24-22-15-23(28-17-27-22)25-14-12-19-16-26-21-11-5-4-10-20(19)21/h1-5,7-8,10-11,15-17,26H,6,9,12-14H2,(H2,24,25,27,28). The summed E-state index contributed by atoms with van der Waals surface area (Å²) in [5, 5.41) is 8.07. The molecule has 0 saturated carbocycles. The van der Waals surface area contributed by atoms with E-state index in [1.54, 1.807) is 6.33 Å². The molecule has 4 rings (SSSR count). The number of hydrogen-bond donors (Lipinski definition) is 3. The second-order valence-corrected chi connectivity index (χ2v) is 6.84. The summed E-state index contributed by atoms with van der Waals surface area (Å²) in [5.41, 5.74) is 3.87. The molecule has 0 aliphatic heterocycles. The molecule has 0 aliphatic carbocycles. The lowest BCUT2D eigenvalue weighted by Crippen LogP contribution is -2.09. The smallest absolute Gasteiger partial charge is 0.131 e. The minimum Gasteiger partial charge on any atom is -0.370 e. The van der Waals surface area contributed by atoms with Crippen molar-refractivity contribution in [1.29, 1.82) is 0 Å². The molecule has 5 nitrogen and oxygen atoms in total. The SMILES string of the molecule is c1ccc(CCCNc2cc(NCCc3c[nH]c4ccccc34)ncn2)cc1. The molecule has 0 atom stereocenters. The number of aromatic amines is 1. The van der Waals surface area contributed by atoms with Crippen LogP contribution < -0.4 is 10.6 Å². The van der Waals surface area contributed by atoms with Gasteiger partial charge in [-0.1, -0.05) is 48.5 Å². The first-order chi connectivity index (χ1) is 13.9. The van der Waals surface area contributed by atoms with Crippen LogP contribution in [0.2, 0.25) is 0 Å². The van der Waals surface area contributed by atoms with Gasteiger partial charge in [0.15, 0.2) is 0 Å². The summed E-state index contributed by atoms with van der Waals surface area (Å²) in [5.74, 6) is 1.71. The molecule has 28 heavy (non-hydrogen) atoms. The molecule has 0 unspecified atom stereocenters. The van der Waals surface area contributed by atoms with E-state index in [1.807, 2.05) is 6.07 Å². The average molecular weight is 371 g/mol. The number of anilines is 2. The first-order valence-electron chi connectivity index (χ1n) is 9.77. The minimum absolute atomic E-state index is 0.826. The molecular formula is C23H25N5. The highest BCUT2D eigenvalue weighted by molar-refractivity contribution is 5.83. The van der Waals surface area contributed by atoms with Gasteiger partial charge in [0.2, 0.25) is 0 Å². The van der Waals surface area contributed by atoms with Gasteiger partial charge in [0.25, 0.3) is 0 Å². The summed E-state index contributed by atoms with van der Waals surface area (Å²) in [6.45, 7) is 1.72. The molecule has 0 saturated heterocycles. The zero-order chi connectivity index (χ0) is 19.0. The van der Waals surface area contributed by atoms with Crippen molar-refractivity contribution in [2.24, 2.45) is 0 Å². The van der Waals surface area contributed by atoms with Gasteiger partial charge in [-0.3, -0.25) is 0 Å². The summed E-state index contributed by atoms with van der Waals surface area (Å²) in [4.78, 5) is 12.0. The highest BCUT2D eigenvalue weighted by Crippen LogP contribution is 2.18. The van der Waals surface area contributed by atoms with Gasteiger partial charge >= 0.3 is 0 Å². The van der Waals surface area contributed by atoms with Crippen LogP contribution in [0.25, 0.3) is 10.9 Å². The molecule has 142 valence electrons. The molecule has 0 amide bonds. The number of aromatic nitrogens is 3. The molecule has 2 aromatic carbocycles. The predicted octanol–water partition coefficient (Wildman–Crippen LogP) is 4.66. The third-order valence-electron chi connectivity index (χ3n) is 4.83. The van der Waals surface area contributed by atoms with Gasteiger partial charge in [0.05, 0.1) is 0 Å². The molecule has 2 aromatic heterocycles. The average Bonchev–Trinajstić information content (AvgIpc) is 3.16. The number of benzene rings is 2. The predicted molar refractivity (Wildman–Crippen MR) is 116 cm³/mol. The highest BCUT2D eigenvalue weighted by Gasteiger charge is 2.03. The van der Waals surface area contributed by atoms with Crippen molar-refractivity contribution in [3.05, 3.63) is 84.3 Å². The fourth-order valence-corrected chi connectivity index (χ4v) is 3.37. The zero-order valence-corrected chi connectivity index (χ0v) is 15.9. The maximum absolute atomic E-state index is 4.33. The summed E-state index contributed by atoms with van der Waals surface area (Å²) in [7, 11) is 0. The lowest BCUT2D eigenvalue weighted by Gasteiger charge is -2.09. The Bertz CT molecular complexity index is 1010. The zero-order valence-electron chi connectivity index (χ0n) is 15.9. The van der Waals surface area contributed by atoms with E-state index in [0.29, 0.717) is 0 Å². The molecule has 3 N–H and O–H groups in total. The van der Waals surface area contributed by atoms with E-state index in [9.17, 15) is 0 Å². The first kappa shape index (κ1) is 18.0. The number of nitrogens with zero attached hydrogens (tertiary/aromatic N) is 2. The number of fused-ring (bicyclic) bond motifs is 1. The fraction of sp³-hybridized carbons (Fsp3) is 0.217. The van der Waals surface area contributed by atoms with Crippen molar-refractivity contribution in [1.82, 2.24) is 15.0 Å². The lowest BCUT2D eigenvalue weighted by atomic mass is 10.1. The molecule has 0 spiro atoms. The van der Waals surface area contributed by atoms with E-state index in [1.165, 1.54) is 22.0 Å². The number of para-hydroxylation sites is 1. The molecule has 0 radical (unpaired) electrons. The third kappa shape index (κ3) is 4.68. The second-order valence-electron chi connectivity index (χ2n) is 6.84. The maximum atomic E-state index is 4.33. The van der Waals surface area contributed by atoms with Crippen molar-refractivity contribution in [2.45, 2.75) is 19.3 Å². The maximum Gasteiger partial charge on any atom is 0.131 e. The van der Waals surface area contributed by atoms with Crippen LogP contribution in [0.4, 0.5) is 11.6 Å². The summed E-state index contributed by atoms with van der Waals surface area (Å²) < 4.78 is 0. The van der Waals surface area contributed by atoms with E-state index >= 15 is 0 Å². The molecule has 0 fully saturated rings. The Labute approximate surface area is 165 Å². The highest BCUT2D eigenvalue weighted by atomic mass is 15.1. The molecule has 0 bridgehead atoms. The topological polar surface area (TPSA) is 65.6 Å². The van der Waals surface area contributed by atoms with E-state index in [-0.39, 0.29) is 0 Å². The number of hydrogen-bond acceptors (Lipinski definition) is 4. The Morgan fingerprint density at radius 2 is 1.54 bits per heavy atom. The number of H-pyrrole nitrogens is 1. The van der Waals surface area contributed by atoms with Crippen LogP contribution in [0.1, 0.15) is 17.5 Å². The molecule has 5 heteroatoms. The van der Waals surface area contributed by atoms with Crippen LogP contribution >= 0.6 is 0 Å². The number of rotatable bonds is 9. The number of nitrogens with one attached hydrogen (secondary N) is 3. The van der Waals surface area contributed by atoms with Crippen molar-refractivity contribution in [3.8, 4) is 0 Å².